The van der Waals surface area contributed by atoms with Crippen LogP contribution in [0.4, 0.5) is 0 Å². The van der Waals surface area contributed by atoms with E-state index in [4.69, 9.17) is 10.5 Å². The Morgan fingerprint density at radius 1 is 0.719 bits per heavy atom. The predicted molar refractivity (Wildman–Crippen MR) is 133 cm³/mol. The molecule has 0 spiro atoms. The summed E-state index contributed by atoms with van der Waals surface area (Å²) < 4.78 is 0. The van der Waals surface area contributed by atoms with Gasteiger partial charge in [0.25, 0.3) is 0 Å². The zero-order valence-corrected chi connectivity index (χ0v) is 19.7. The molecule has 32 heavy (non-hydrogen) atoms. The molecule has 0 aliphatic heterocycles. The summed E-state index contributed by atoms with van der Waals surface area (Å²) >= 11 is 0. The molecule has 0 saturated heterocycles. The highest BCUT2D eigenvalue weighted by molar-refractivity contribution is 5.33. The summed E-state index contributed by atoms with van der Waals surface area (Å²) in [7, 11) is 0. The number of benzene rings is 1. The fourth-order valence-electron chi connectivity index (χ4n) is 5.89. The van der Waals surface area contributed by atoms with Crippen LogP contribution in [0.25, 0.3) is 0 Å². The summed E-state index contributed by atoms with van der Waals surface area (Å²) in [6.45, 7) is 0. The first-order valence-electron chi connectivity index (χ1n) is 13.0. The molecular formula is C30H40N2. The van der Waals surface area contributed by atoms with E-state index in [9.17, 15) is 0 Å². The normalized spacial score (nSPS) is 26.2. The van der Waals surface area contributed by atoms with Gasteiger partial charge in [0.15, 0.2) is 0 Å². The van der Waals surface area contributed by atoms with Crippen LogP contribution in [0.15, 0.2) is 48.6 Å². The number of hydrogen-bond acceptors (Lipinski definition) is 2. The van der Waals surface area contributed by atoms with Crippen molar-refractivity contribution in [3.8, 4) is 12.1 Å². The Morgan fingerprint density at radius 3 is 1.84 bits per heavy atom. The molecule has 2 fully saturated rings. The number of rotatable bonds is 10. The van der Waals surface area contributed by atoms with Crippen molar-refractivity contribution < 1.29 is 0 Å². The number of allylic oxidation sites excluding steroid dienone is 4. The first-order chi connectivity index (χ1) is 15.8. The van der Waals surface area contributed by atoms with Crippen LogP contribution in [0.2, 0.25) is 0 Å². The van der Waals surface area contributed by atoms with Gasteiger partial charge in [-0.1, -0.05) is 81.7 Å². The molecule has 2 heteroatoms. The molecule has 0 radical (unpaired) electrons. The average molecular weight is 429 g/mol. The van der Waals surface area contributed by atoms with E-state index in [2.05, 4.69) is 24.3 Å². The number of nitriles is 2. The van der Waals surface area contributed by atoms with Crippen molar-refractivity contribution in [2.75, 3.05) is 0 Å². The topological polar surface area (TPSA) is 47.6 Å². The SMILES string of the molecule is N#C/C=C/C=C/CC[C@H]1CC[C@H](CCCC[C@H]2CC[C@H](c3ccc(C#N)cc3)CC2)CC1. The van der Waals surface area contributed by atoms with Gasteiger partial charge in [-0.15, -0.1) is 0 Å². The summed E-state index contributed by atoms with van der Waals surface area (Å²) in [6, 6.07) is 12.5. The second-order valence-corrected chi connectivity index (χ2v) is 10.1. The van der Waals surface area contributed by atoms with Crippen LogP contribution in [-0.4, -0.2) is 0 Å². The van der Waals surface area contributed by atoms with Gasteiger partial charge in [-0.3, -0.25) is 0 Å². The molecule has 0 amide bonds. The van der Waals surface area contributed by atoms with E-state index in [0.29, 0.717) is 5.92 Å². The van der Waals surface area contributed by atoms with E-state index >= 15 is 0 Å². The van der Waals surface area contributed by atoms with Crippen molar-refractivity contribution in [2.45, 2.75) is 95.8 Å². The number of nitrogens with zero attached hydrogens (tertiary/aromatic N) is 2. The minimum atomic E-state index is 0.707. The summed E-state index contributed by atoms with van der Waals surface area (Å²) in [4.78, 5) is 0. The minimum Gasteiger partial charge on any atom is -0.193 e. The molecule has 2 aliphatic rings. The molecule has 0 heterocycles. The number of unbranched alkanes of at least 4 members (excludes halogenated alkanes) is 1. The van der Waals surface area contributed by atoms with Crippen LogP contribution in [0.3, 0.4) is 0 Å². The van der Waals surface area contributed by atoms with Crippen molar-refractivity contribution in [1.82, 2.24) is 0 Å². The van der Waals surface area contributed by atoms with Gasteiger partial charge in [0.1, 0.15) is 0 Å². The Labute approximate surface area is 196 Å². The minimum absolute atomic E-state index is 0.707. The fourth-order valence-corrected chi connectivity index (χ4v) is 5.89. The highest BCUT2D eigenvalue weighted by Gasteiger charge is 2.23. The Hall–Kier alpha value is -2.32. The molecule has 170 valence electrons. The summed E-state index contributed by atoms with van der Waals surface area (Å²) in [5.74, 6) is 3.55. The van der Waals surface area contributed by atoms with E-state index in [0.717, 1.165) is 29.7 Å². The smallest absolute Gasteiger partial charge is 0.0991 e. The Kier molecular flexibility index (Phi) is 10.6. The van der Waals surface area contributed by atoms with Crippen LogP contribution in [-0.2, 0) is 0 Å². The molecule has 2 saturated carbocycles. The van der Waals surface area contributed by atoms with Gasteiger partial charge in [-0.05, 0) is 79.9 Å². The standard InChI is InChI=1S/C30H40N2/c31-23-7-3-1-2-4-8-25-11-13-26(14-12-25)9-5-6-10-27-15-19-29(20-16-27)30-21-17-28(24-32)18-22-30/h1-3,7,17-18,21-22,25-27,29H,4-6,8-16,19-20H2/b2-1+,7-3+/t25-,26-,27-,29-. The van der Waals surface area contributed by atoms with E-state index < -0.39 is 0 Å². The van der Waals surface area contributed by atoms with Crippen molar-refractivity contribution in [3.05, 3.63) is 59.7 Å². The third-order valence-corrected chi connectivity index (χ3v) is 7.96. The monoisotopic (exact) mass is 428 g/mol. The maximum Gasteiger partial charge on any atom is 0.0991 e. The van der Waals surface area contributed by atoms with Crippen LogP contribution >= 0.6 is 0 Å². The third-order valence-electron chi connectivity index (χ3n) is 7.96. The van der Waals surface area contributed by atoms with E-state index in [1.54, 1.807) is 0 Å². The zero-order chi connectivity index (χ0) is 22.4. The highest BCUT2D eigenvalue weighted by Crippen LogP contribution is 2.38. The van der Waals surface area contributed by atoms with Crippen molar-refractivity contribution in [3.63, 3.8) is 0 Å². The third kappa shape index (κ3) is 8.31. The zero-order valence-electron chi connectivity index (χ0n) is 19.7. The molecule has 2 aliphatic carbocycles. The molecule has 1 aromatic rings. The first kappa shape index (κ1) is 24.3. The Balaban J connectivity index is 1.22. The lowest BCUT2D eigenvalue weighted by Gasteiger charge is -2.30. The first-order valence-corrected chi connectivity index (χ1v) is 13.0. The van der Waals surface area contributed by atoms with Crippen molar-refractivity contribution in [2.24, 2.45) is 17.8 Å². The lowest BCUT2D eigenvalue weighted by atomic mass is 9.76. The Morgan fingerprint density at radius 2 is 1.28 bits per heavy atom. The van der Waals surface area contributed by atoms with Crippen LogP contribution < -0.4 is 0 Å². The summed E-state index contributed by atoms with van der Waals surface area (Å²) in [5.41, 5.74) is 2.21. The van der Waals surface area contributed by atoms with E-state index in [1.807, 2.05) is 30.4 Å². The predicted octanol–water partition coefficient (Wildman–Crippen LogP) is 8.62. The van der Waals surface area contributed by atoms with Crippen LogP contribution in [0, 0.1) is 40.4 Å². The molecule has 0 atom stereocenters. The van der Waals surface area contributed by atoms with Gasteiger partial charge in [-0.25, -0.2) is 0 Å². The molecule has 0 N–H and O–H groups in total. The molecule has 3 rings (SSSR count). The molecular weight excluding hydrogens is 388 g/mol. The molecule has 0 aromatic heterocycles. The average Bonchev–Trinajstić information content (AvgIpc) is 2.85. The maximum absolute atomic E-state index is 8.97. The largest absolute Gasteiger partial charge is 0.193 e. The van der Waals surface area contributed by atoms with Gasteiger partial charge < -0.3 is 0 Å². The maximum atomic E-state index is 8.97. The highest BCUT2D eigenvalue weighted by atomic mass is 14.3. The van der Waals surface area contributed by atoms with Gasteiger partial charge in [0.05, 0.1) is 17.7 Å². The molecule has 0 unspecified atom stereocenters. The lowest BCUT2D eigenvalue weighted by molar-refractivity contribution is 0.244. The van der Waals surface area contributed by atoms with Crippen LogP contribution in [0.1, 0.15) is 107 Å². The number of hydrogen-bond donors (Lipinski definition) is 0. The summed E-state index contributed by atoms with van der Waals surface area (Å²) in [5, 5.41) is 17.5. The van der Waals surface area contributed by atoms with E-state index in [-0.39, 0.29) is 0 Å². The van der Waals surface area contributed by atoms with Crippen LogP contribution in [0.5, 0.6) is 0 Å². The van der Waals surface area contributed by atoms with Gasteiger partial charge in [0, 0.05) is 6.08 Å². The second kappa shape index (κ2) is 14.0. The van der Waals surface area contributed by atoms with Crippen molar-refractivity contribution in [1.29, 1.82) is 10.5 Å². The second-order valence-electron chi connectivity index (χ2n) is 10.1. The van der Waals surface area contributed by atoms with E-state index in [1.165, 1.54) is 95.1 Å². The summed E-state index contributed by atoms with van der Waals surface area (Å²) in [6.07, 6.45) is 26.9. The Bertz CT molecular complexity index is 789. The fraction of sp³-hybridized carbons (Fsp3) is 0.600. The van der Waals surface area contributed by atoms with Gasteiger partial charge in [-0.2, -0.15) is 10.5 Å². The van der Waals surface area contributed by atoms with Gasteiger partial charge >= 0.3 is 0 Å². The quantitative estimate of drug-likeness (QED) is 0.213. The van der Waals surface area contributed by atoms with Crippen molar-refractivity contribution >= 4 is 0 Å². The van der Waals surface area contributed by atoms with Gasteiger partial charge in [0.2, 0.25) is 0 Å². The molecule has 0 bridgehead atoms. The molecule has 2 nitrogen and oxygen atoms in total. The molecule has 1 aromatic carbocycles. The lowest BCUT2D eigenvalue weighted by Crippen LogP contribution is -2.15.